The summed E-state index contributed by atoms with van der Waals surface area (Å²) in [4.78, 5) is 14.7. The van der Waals surface area contributed by atoms with Crippen LogP contribution in [-0.4, -0.2) is 15.0 Å². The van der Waals surface area contributed by atoms with Gasteiger partial charge in [-0.15, -0.1) is 0 Å². The first-order chi connectivity index (χ1) is 32.2. The molecule has 304 valence electrons. The summed E-state index contributed by atoms with van der Waals surface area (Å²) in [6.07, 6.45) is 3.69. The molecule has 1 aliphatic carbocycles. The van der Waals surface area contributed by atoms with Crippen LogP contribution in [0.2, 0.25) is 0 Å². The molecule has 0 bridgehead atoms. The summed E-state index contributed by atoms with van der Waals surface area (Å²) in [6.45, 7) is 0. The molecule has 11 aromatic rings. The second-order valence-corrected chi connectivity index (χ2v) is 16.7. The third kappa shape index (κ3) is 6.48. The smallest absolute Gasteiger partial charge is 0.160 e. The van der Waals surface area contributed by atoms with E-state index in [0.29, 0.717) is 5.82 Å². The highest BCUT2D eigenvalue weighted by molar-refractivity contribution is 6.05. The number of nitrogens with zero attached hydrogens (tertiary/aromatic N) is 3. The van der Waals surface area contributed by atoms with Crippen LogP contribution in [0.15, 0.2) is 249 Å². The second-order valence-electron chi connectivity index (χ2n) is 16.7. The molecule has 0 atom stereocenters. The fourth-order valence-corrected chi connectivity index (χ4v) is 10.2. The van der Waals surface area contributed by atoms with E-state index in [0.717, 1.165) is 50.2 Å². The molecule has 65 heavy (non-hydrogen) atoms. The van der Waals surface area contributed by atoms with E-state index in [2.05, 4.69) is 217 Å². The molecular weight excluding hydrogens is 787 g/mol. The lowest BCUT2D eigenvalue weighted by Gasteiger charge is -2.35. The Balaban J connectivity index is 0.964. The normalized spacial score (nSPS) is 12.4. The first-order valence-corrected chi connectivity index (χ1v) is 22.2. The van der Waals surface area contributed by atoms with Gasteiger partial charge in [-0.2, -0.15) is 0 Å². The summed E-state index contributed by atoms with van der Waals surface area (Å²) in [5.74, 6) is 0.692. The molecule has 0 fully saturated rings. The number of aromatic nitrogens is 3. The van der Waals surface area contributed by atoms with Crippen LogP contribution < -0.4 is 0 Å². The lowest BCUT2D eigenvalue weighted by molar-refractivity contribution is 0.770. The van der Waals surface area contributed by atoms with Crippen LogP contribution in [0.25, 0.3) is 89.2 Å². The Morgan fingerprint density at radius 3 is 1.52 bits per heavy atom. The Kier molecular flexibility index (Phi) is 9.39. The maximum absolute atomic E-state index is 5.24. The predicted molar refractivity (Wildman–Crippen MR) is 267 cm³/mol. The lowest BCUT2D eigenvalue weighted by Crippen LogP contribution is -2.29. The van der Waals surface area contributed by atoms with Crippen LogP contribution in [0.4, 0.5) is 0 Å². The molecule has 0 radical (unpaired) electrons. The molecule has 0 N–H and O–H groups in total. The van der Waals surface area contributed by atoms with Gasteiger partial charge < -0.3 is 0 Å². The highest BCUT2D eigenvalue weighted by Gasteiger charge is 2.47. The van der Waals surface area contributed by atoms with E-state index in [1.165, 1.54) is 55.5 Å². The average molecular weight is 828 g/mol. The Bertz CT molecular complexity index is 3450. The maximum atomic E-state index is 5.24. The van der Waals surface area contributed by atoms with E-state index in [1.54, 1.807) is 6.20 Å². The molecule has 0 aliphatic heterocycles. The van der Waals surface area contributed by atoms with Gasteiger partial charge in [0, 0.05) is 29.1 Å². The molecule has 0 amide bonds. The van der Waals surface area contributed by atoms with Crippen LogP contribution in [0.5, 0.6) is 0 Å². The van der Waals surface area contributed by atoms with Crippen molar-refractivity contribution < 1.29 is 0 Å². The molecule has 0 unspecified atom stereocenters. The minimum Gasteiger partial charge on any atom is -0.264 e. The predicted octanol–water partition coefficient (Wildman–Crippen LogP) is 15.4. The first-order valence-electron chi connectivity index (χ1n) is 22.2. The quantitative estimate of drug-likeness (QED) is 0.153. The van der Waals surface area contributed by atoms with Crippen LogP contribution in [0.1, 0.15) is 22.3 Å². The summed E-state index contributed by atoms with van der Waals surface area (Å²) in [5, 5.41) is 2.31. The van der Waals surface area contributed by atoms with Gasteiger partial charge in [0.05, 0.1) is 16.8 Å². The Morgan fingerprint density at radius 1 is 0.308 bits per heavy atom. The number of rotatable bonds is 8. The SMILES string of the molecule is c1ccc(-c2nc(-c3ccc(-c4cccnc4)cc3)cc(-c3ccc(-c4ccc(-c5cccc6c5C(c5ccccc5)(c5ccccc5)c5ccccc5-6)cc4)c4ccccc34)n2)cc1. The highest BCUT2D eigenvalue weighted by atomic mass is 14.9. The van der Waals surface area contributed by atoms with Gasteiger partial charge in [-0.1, -0.05) is 224 Å². The van der Waals surface area contributed by atoms with Crippen molar-refractivity contribution in [3.63, 3.8) is 0 Å². The summed E-state index contributed by atoms with van der Waals surface area (Å²) < 4.78 is 0. The van der Waals surface area contributed by atoms with Crippen LogP contribution in [0.3, 0.4) is 0 Å². The van der Waals surface area contributed by atoms with Gasteiger partial charge in [0.2, 0.25) is 0 Å². The molecule has 2 heterocycles. The Morgan fingerprint density at radius 2 is 0.831 bits per heavy atom. The standard InChI is InChI=1S/C62H41N3/c1-4-16-46(17-5-1)61-64-58(45-35-29-42(30-36-45)47-18-15-39-63-41-47)40-59(65-61)55-38-37-50(52-23-10-11-24-53(52)55)43-31-33-44(34-32-43)51-26-14-27-56-54-25-12-13-28-57(54)62(60(51)56,48-19-6-2-7-20-48)49-21-8-3-9-22-49/h1-41H. The van der Waals surface area contributed by atoms with Crippen molar-refractivity contribution in [2.45, 2.75) is 5.41 Å². The van der Waals surface area contributed by atoms with Gasteiger partial charge >= 0.3 is 0 Å². The summed E-state index contributed by atoms with van der Waals surface area (Å²) in [5.41, 5.74) is 19.0. The van der Waals surface area contributed by atoms with Crippen molar-refractivity contribution >= 4 is 10.8 Å². The van der Waals surface area contributed by atoms with E-state index < -0.39 is 5.41 Å². The summed E-state index contributed by atoms with van der Waals surface area (Å²) in [7, 11) is 0. The van der Waals surface area contributed by atoms with E-state index in [4.69, 9.17) is 9.97 Å². The first kappa shape index (κ1) is 38.2. The van der Waals surface area contributed by atoms with E-state index in [1.807, 2.05) is 30.5 Å². The minimum atomic E-state index is -0.486. The summed E-state index contributed by atoms with van der Waals surface area (Å²) >= 11 is 0. The molecule has 0 spiro atoms. The van der Waals surface area contributed by atoms with Crippen molar-refractivity contribution in [1.82, 2.24) is 15.0 Å². The van der Waals surface area contributed by atoms with E-state index >= 15 is 0 Å². The molecule has 3 nitrogen and oxygen atoms in total. The van der Waals surface area contributed by atoms with Crippen molar-refractivity contribution in [2.75, 3.05) is 0 Å². The van der Waals surface area contributed by atoms with Crippen molar-refractivity contribution in [3.8, 4) is 78.4 Å². The minimum absolute atomic E-state index is 0.486. The number of hydrogen-bond acceptors (Lipinski definition) is 3. The van der Waals surface area contributed by atoms with Crippen LogP contribution in [-0.2, 0) is 5.41 Å². The van der Waals surface area contributed by atoms with Crippen molar-refractivity contribution in [2.24, 2.45) is 0 Å². The average Bonchev–Trinajstić information content (AvgIpc) is 3.71. The maximum Gasteiger partial charge on any atom is 0.160 e. The molecule has 2 aromatic heterocycles. The fourth-order valence-electron chi connectivity index (χ4n) is 10.2. The number of pyridine rings is 1. The zero-order valence-electron chi connectivity index (χ0n) is 35.5. The monoisotopic (exact) mass is 827 g/mol. The topological polar surface area (TPSA) is 38.7 Å². The molecular formula is C62H41N3. The third-order valence-corrected chi connectivity index (χ3v) is 13.1. The largest absolute Gasteiger partial charge is 0.264 e. The van der Waals surface area contributed by atoms with Crippen LogP contribution in [0, 0.1) is 0 Å². The zero-order valence-corrected chi connectivity index (χ0v) is 35.5. The number of fused-ring (bicyclic) bond motifs is 4. The van der Waals surface area contributed by atoms with Crippen molar-refractivity contribution in [1.29, 1.82) is 0 Å². The summed E-state index contributed by atoms with van der Waals surface area (Å²) in [6, 6.07) is 85.2. The highest BCUT2D eigenvalue weighted by Crippen LogP contribution is 2.58. The van der Waals surface area contributed by atoms with Gasteiger partial charge in [0.15, 0.2) is 5.82 Å². The van der Waals surface area contributed by atoms with Crippen molar-refractivity contribution in [3.05, 3.63) is 271 Å². The van der Waals surface area contributed by atoms with Gasteiger partial charge in [-0.25, -0.2) is 9.97 Å². The zero-order chi connectivity index (χ0) is 43.2. The molecule has 12 rings (SSSR count). The molecule has 9 aromatic carbocycles. The van der Waals surface area contributed by atoms with Gasteiger partial charge in [0.1, 0.15) is 0 Å². The lowest BCUT2D eigenvalue weighted by atomic mass is 9.66. The number of hydrogen-bond donors (Lipinski definition) is 0. The fraction of sp³-hybridized carbons (Fsp3) is 0.0161. The molecule has 0 saturated carbocycles. The molecule has 0 saturated heterocycles. The Hall–Kier alpha value is -8.53. The van der Waals surface area contributed by atoms with Crippen LogP contribution >= 0.6 is 0 Å². The second kappa shape index (κ2) is 16.0. The Labute approximate surface area is 379 Å². The van der Waals surface area contributed by atoms with E-state index in [-0.39, 0.29) is 0 Å². The van der Waals surface area contributed by atoms with Gasteiger partial charge in [0.25, 0.3) is 0 Å². The van der Waals surface area contributed by atoms with E-state index in [9.17, 15) is 0 Å². The molecule has 1 aliphatic rings. The molecule has 3 heteroatoms. The van der Waals surface area contributed by atoms with Gasteiger partial charge in [-0.05, 0) is 89.7 Å². The number of benzene rings is 9. The third-order valence-electron chi connectivity index (χ3n) is 13.1. The van der Waals surface area contributed by atoms with Gasteiger partial charge in [-0.3, -0.25) is 4.98 Å².